The summed E-state index contributed by atoms with van der Waals surface area (Å²) in [6, 6.07) is 13.8. The third-order valence-electron chi connectivity index (χ3n) is 3.64. The van der Waals surface area contributed by atoms with Crippen LogP contribution in [0.5, 0.6) is 5.75 Å². The van der Waals surface area contributed by atoms with Crippen LogP contribution in [0.2, 0.25) is 0 Å². The van der Waals surface area contributed by atoms with Crippen molar-refractivity contribution >= 4 is 39.1 Å². The Bertz CT molecular complexity index is 746. The highest BCUT2D eigenvalue weighted by Gasteiger charge is 2.39. The lowest BCUT2D eigenvalue weighted by Crippen LogP contribution is -2.34. The van der Waals surface area contributed by atoms with Gasteiger partial charge in [0.25, 0.3) is 5.91 Å². The number of carbonyl (C=O) groups is 2. The number of halogens is 1. The summed E-state index contributed by atoms with van der Waals surface area (Å²) >= 11 is 3.34. The third kappa shape index (κ3) is 3.22. The Balaban J connectivity index is 1.79. The van der Waals surface area contributed by atoms with Crippen molar-refractivity contribution in [1.29, 1.82) is 0 Å². The first kappa shape index (κ1) is 15.6. The van der Waals surface area contributed by atoms with E-state index in [9.17, 15) is 9.59 Å². The normalized spacial score (nSPS) is 17.5. The van der Waals surface area contributed by atoms with Crippen molar-refractivity contribution in [2.45, 2.75) is 12.5 Å². The summed E-state index contributed by atoms with van der Waals surface area (Å²) in [6.07, 6.45) is 0.131. The first-order valence-corrected chi connectivity index (χ1v) is 7.91. The minimum absolute atomic E-state index is 0.131. The Labute approximate surface area is 142 Å². The number of nitrogens with zero attached hydrogens (tertiary/aromatic N) is 1. The number of carbonyl (C=O) groups excluding carboxylic acids is 2. The molecule has 0 aliphatic carbocycles. The van der Waals surface area contributed by atoms with Gasteiger partial charge in [-0.25, -0.2) is 4.90 Å². The molecule has 1 N–H and O–H groups in total. The lowest BCUT2D eigenvalue weighted by atomic mass is 10.2. The molecule has 0 spiro atoms. The molecule has 0 saturated carbocycles. The predicted molar refractivity (Wildman–Crippen MR) is 91.7 cm³/mol. The number of ether oxygens (including phenoxy) is 1. The Kier molecular flexibility index (Phi) is 4.34. The van der Waals surface area contributed by atoms with Gasteiger partial charge < -0.3 is 10.1 Å². The first-order valence-electron chi connectivity index (χ1n) is 7.11. The molecular formula is C17H15BrN2O3. The van der Waals surface area contributed by atoms with E-state index in [0.717, 1.165) is 10.2 Å². The van der Waals surface area contributed by atoms with E-state index in [1.54, 1.807) is 37.4 Å². The number of methoxy groups -OCH3 is 1. The average molecular weight is 375 g/mol. The average Bonchev–Trinajstić information content (AvgIpc) is 2.83. The molecule has 23 heavy (non-hydrogen) atoms. The monoisotopic (exact) mass is 374 g/mol. The van der Waals surface area contributed by atoms with Gasteiger partial charge in [0.1, 0.15) is 11.8 Å². The quantitative estimate of drug-likeness (QED) is 0.834. The van der Waals surface area contributed by atoms with Gasteiger partial charge in [-0.15, -0.1) is 0 Å². The number of imide groups is 1. The van der Waals surface area contributed by atoms with Crippen molar-refractivity contribution in [3.8, 4) is 5.75 Å². The summed E-state index contributed by atoms with van der Waals surface area (Å²) in [4.78, 5) is 26.0. The van der Waals surface area contributed by atoms with Crippen molar-refractivity contribution < 1.29 is 14.3 Å². The minimum atomic E-state index is -0.571. The highest BCUT2D eigenvalue weighted by atomic mass is 79.9. The van der Waals surface area contributed by atoms with Crippen LogP contribution in [0.4, 0.5) is 11.4 Å². The summed E-state index contributed by atoms with van der Waals surface area (Å²) in [5.74, 6) is 0.231. The Hall–Kier alpha value is -2.34. The van der Waals surface area contributed by atoms with Crippen LogP contribution >= 0.6 is 15.9 Å². The number of amides is 2. The van der Waals surface area contributed by atoms with Gasteiger partial charge in [0.05, 0.1) is 19.2 Å². The van der Waals surface area contributed by atoms with E-state index in [4.69, 9.17) is 4.74 Å². The molecule has 3 rings (SSSR count). The van der Waals surface area contributed by atoms with Gasteiger partial charge in [-0.1, -0.05) is 22.0 Å². The molecule has 1 heterocycles. The molecule has 2 aromatic rings. The number of nitrogens with one attached hydrogen (secondary N) is 1. The van der Waals surface area contributed by atoms with Crippen LogP contribution in [0.3, 0.4) is 0 Å². The number of benzene rings is 2. The maximum Gasteiger partial charge on any atom is 0.256 e. The van der Waals surface area contributed by atoms with Gasteiger partial charge in [-0.2, -0.15) is 0 Å². The molecule has 0 bridgehead atoms. The van der Waals surface area contributed by atoms with Crippen molar-refractivity contribution in [1.82, 2.24) is 0 Å². The maximum atomic E-state index is 12.6. The van der Waals surface area contributed by atoms with Crippen molar-refractivity contribution in [3.05, 3.63) is 53.0 Å². The van der Waals surface area contributed by atoms with Crippen LogP contribution in [-0.2, 0) is 9.59 Å². The van der Waals surface area contributed by atoms with Gasteiger partial charge >= 0.3 is 0 Å². The zero-order valence-electron chi connectivity index (χ0n) is 12.5. The Morgan fingerprint density at radius 2 is 1.91 bits per heavy atom. The Morgan fingerprint density at radius 1 is 1.17 bits per heavy atom. The molecule has 2 aromatic carbocycles. The molecule has 5 nitrogen and oxygen atoms in total. The van der Waals surface area contributed by atoms with Gasteiger partial charge in [0.2, 0.25) is 5.91 Å². The molecule has 2 amide bonds. The molecule has 1 aliphatic heterocycles. The summed E-state index contributed by atoms with van der Waals surface area (Å²) in [5, 5.41) is 3.11. The summed E-state index contributed by atoms with van der Waals surface area (Å²) in [6.45, 7) is 0. The number of anilines is 2. The molecule has 118 valence electrons. The smallest absolute Gasteiger partial charge is 0.256 e. The Morgan fingerprint density at radius 3 is 2.61 bits per heavy atom. The van der Waals surface area contributed by atoms with Gasteiger partial charge in [-0.3, -0.25) is 9.59 Å². The lowest BCUT2D eigenvalue weighted by molar-refractivity contribution is -0.121. The SMILES string of the molecule is COc1cccc(N[C@H]2CC(=O)N(c3ccc(Br)cc3)C2=O)c1. The molecule has 1 fully saturated rings. The molecule has 0 aromatic heterocycles. The van der Waals surface area contributed by atoms with E-state index in [0.29, 0.717) is 11.4 Å². The molecular weight excluding hydrogens is 360 g/mol. The standard InChI is InChI=1S/C17H15BrN2O3/c1-23-14-4-2-3-12(9-14)19-15-10-16(21)20(17(15)22)13-7-5-11(18)6-8-13/h2-9,15,19H,10H2,1H3/t15-/m0/s1. The molecule has 6 heteroatoms. The van der Waals surface area contributed by atoms with E-state index >= 15 is 0 Å². The highest BCUT2D eigenvalue weighted by Crippen LogP contribution is 2.27. The van der Waals surface area contributed by atoms with E-state index in [1.165, 1.54) is 4.90 Å². The molecule has 1 saturated heterocycles. The summed E-state index contributed by atoms with van der Waals surface area (Å²) in [7, 11) is 1.58. The van der Waals surface area contributed by atoms with Crippen LogP contribution in [0, 0.1) is 0 Å². The van der Waals surface area contributed by atoms with E-state index in [1.807, 2.05) is 18.2 Å². The molecule has 1 aliphatic rings. The van der Waals surface area contributed by atoms with E-state index in [2.05, 4.69) is 21.2 Å². The van der Waals surface area contributed by atoms with Crippen molar-refractivity contribution in [2.24, 2.45) is 0 Å². The summed E-state index contributed by atoms with van der Waals surface area (Å²) < 4.78 is 6.06. The number of rotatable bonds is 4. The van der Waals surface area contributed by atoms with Crippen LogP contribution in [0.1, 0.15) is 6.42 Å². The fourth-order valence-corrected chi connectivity index (χ4v) is 2.78. The number of hydrogen-bond donors (Lipinski definition) is 1. The third-order valence-corrected chi connectivity index (χ3v) is 4.17. The molecule has 0 radical (unpaired) electrons. The van der Waals surface area contributed by atoms with E-state index in [-0.39, 0.29) is 18.2 Å². The predicted octanol–water partition coefficient (Wildman–Crippen LogP) is 3.20. The highest BCUT2D eigenvalue weighted by molar-refractivity contribution is 9.10. The molecule has 1 atom stereocenters. The van der Waals surface area contributed by atoms with E-state index < -0.39 is 6.04 Å². The zero-order valence-corrected chi connectivity index (χ0v) is 14.0. The van der Waals surface area contributed by atoms with Crippen molar-refractivity contribution in [2.75, 3.05) is 17.3 Å². The topological polar surface area (TPSA) is 58.6 Å². The van der Waals surface area contributed by atoms with Crippen LogP contribution in [-0.4, -0.2) is 25.0 Å². The zero-order chi connectivity index (χ0) is 16.4. The second kappa shape index (κ2) is 6.42. The van der Waals surface area contributed by atoms with Gasteiger partial charge in [-0.05, 0) is 36.4 Å². The minimum Gasteiger partial charge on any atom is -0.497 e. The number of hydrogen-bond acceptors (Lipinski definition) is 4. The van der Waals surface area contributed by atoms with Crippen molar-refractivity contribution in [3.63, 3.8) is 0 Å². The van der Waals surface area contributed by atoms with Gasteiger partial charge in [0.15, 0.2) is 0 Å². The van der Waals surface area contributed by atoms with Crippen LogP contribution in [0.15, 0.2) is 53.0 Å². The first-order chi connectivity index (χ1) is 11.1. The lowest BCUT2D eigenvalue weighted by Gasteiger charge is -2.16. The fourth-order valence-electron chi connectivity index (χ4n) is 2.52. The fraction of sp³-hybridized carbons (Fsp3) is 0.176. The summed E-state index contributed by atoms with van der Waals surface area (Å²) in [5.41, 5.74) is 1.33. The largest absolute Gasteiger partial charge is 0.497 e. The van der Waals surface area contributed by atoms with Crippen LogP contribution in [0.25, 0.3) is 0 Å². The second-order valence-corrected chi connectivity index (χ2v) is 6.09. The molecule has 0 unspecified atom stereocenters. The van der Waals surface area contributed by atoms with Crippen LogP contribution < -0.4 is 15.0 Å². The maximum absolute atomic E-state index is 12.6. The second-order valence-electron chi connectivity index (χ2n) is 5.18. The van der Waals surface area contributed by atoms with Gasteiger partial charge in [0, 0.05) is 16.2 Å².